The molecule has 0 aliphatic heterocycles. The Morgan fingerprint density at radius 1 is 1.40 bits per heavy atom. The molecule has 0 unspecified atom stereocenters. The summed E-state index contributed by atoms with van der Waals surface area (Å²) < 4.78 is 0. The highest BCUT2D eigenvalue weighted by molar-refractivity contribution is 7.78. The van der Waals surface area contributed by atoms with Crippen molar-refractivity contribution in [3.63, 3.8) is 0 Å². The number of hydrogen-bond acceptors (Lipinski definition) is 2. The van der Waals surface area contributed by atoms with Gasteiger partial charge in [0.1, 0.15) is 0 Å². The molecule has 0 spiro atoms. The van der Waals surface area contributed by atoms with E-state index < -0.39 is 0 Å². The van der Waals surface area contributed by atoms with Crippen molar-refractivity contribution in [2.24, 2.45) is 10.4 Å². The molecule has 0 atom stereocenters. The molecule has 0 aromatic heterocycles. The van der Waals surface area contributed by atoms with Crippen molar-refractivity contribution in [1.82, 2.24) is 0 Å². The van der Waals surface area contributed by atoms with Crippen LogP contribution >= 0.6 is 12.2 Å². The lowest BCUT2D eigenvalue weighted by atomic mass is 9.98. The molecule has 0 fully saturated rings. The van der Waals surface area contributed by atoms with Gasteiger partial charge in [0.05, 0.1) is 6.54 Å². The third-order valence-electron chi connectivity index (χ3n) is 0.739. The summed E-state index contributed by atoms with van der Waals surface area (Å²) in [4.78, 5) is 3.94. The van der Waals surface area contributed by atoms with Gasteiger partial charge in [-0.05, 0) is 17.6 Å². The van der Waals surface area contributed by atoms with Crippen LogP contribution in [0.15, 0.2) is 10.7 Å². The highest BCUT2D eigenvalue weighted by atomic mass is 32.1. The number of hydrogen-bond donors (Lipinski definition) is 0. The van der Waals surface area contributed by atoms with Gasteiger partial charge >= 0.3 is 0 Å². The largest absolute Gasteiger partial charge is 0.234 e. The van der Waals surface area contributed by atoms with E-state index in [1.54, 1.807) is 0 Å². The third kappa shape index (κ3) is 7.36. The number of rotatable bonds is 1. The van der Waals surface area contributed by atoms with Gasteiger partial charge in [-0.15, -0.1) is 0 Å². The molecule has 0 rings (SSSR count). The maximum absolute atomic E-state index is 4.38. The lowest BCUT2D eigenvalue weighted by Gasteiger charge is -2.12. The first-order valence-electron chi connectivity index (χ1n) is 3.10. The van der Waals surface area contributed by atoms with E-state index in [1.165, 1.54) is 0 Å². The molecule has 1 nitrogen and oxygen atoms in total. The average Bonchev–Trinajstić information content (AvgIpc) is 1.78. The smallest absolute Gasteiger partial charge is 0.0539 e. The first-order chi connectivity index (χ1) is 4.56. The van der Waals surface area contributed by atoms with Gasteiger partial charge in [0.25, 0.3) is 0 Å². The van der Waals surface area contributed by atoms with Gasteiger partial charge < -0.3 is 0 Å². The molecule has 2 heteroatoms. The van der Waals surface area contributed by atoms with Gasteiger partial charge in [-0.25, -0.2) is 4.99 Å². The van der Waals surface area contributed by atoms with E-state index in [9.17, 15) is 0 Å². The van der Waals surface area contributed by atoms with Crippen LogP contribution in [0, 0.1) is 5.41 Å². The van der Waals surface area contributed by atoms with Crippen molar-refractivity contribution in [2.45, 2.75) is 20.8 Å². The molecule has 0 aliphatic carbocycles. The summed E-state index contributed by atoms with van der Waals surface area (Å²) in [5, 5.41) is 2.28. The van der Waals surface area contributed by atoms with E-state index in [2.05, 4.69) is 54.6 Å². The monoisotopic (exact) mass is 153 g/mol. The highest BCUT2D eigenvalue weighted by Gasteiger charge is 2.06. The van der Waals surface area contributed by atoms with Crippen LogP contribution in [-0.2, 0) is 0 Å². The van der Waals surface area contributed by atoms with Gasteiger partial charge in [0, 0.05) is 16.6 Å². The zero-order chi connectivity index (χ0) is 8.04. The van der Waals surface area contributed by atoms with Gasteiger partial charge in [0.2, 0.25) is 0 Å². The van der Waals surface area contributed by atoms with Crippen LogP contribution in [0.2, 0.25) is 0 Å². The molecule has 0 N–H and O–H groups in total. The quantitative estimate of drug-likeness (QED) is 0.319. The molecular weight excluding hydrogens is 142 g/mol. The number of thiocarbonyl (C=S) groups is 1. The minimum atomic E-state index is 0.218. The Morgan fingerprint density at radius 2 is 2.00 bits per heavy atom. The van der Waals surface area contributed by atoms with Crippen LogP contribution < -0.4 is 0 Å². The lowest BCUT2D eigenvalue weighted by molar-refractivity contribution is 0.430. The molecule has 0 aromatic carbocycles. The Balaban J connectivity index is 3.99. The van der Waals surface area contributed by atoms with E-state index in [1.807, 2.05) is 0 Å². The van der Waals surface area contributed by atoms with Gasteiger partial charge in [-0.2, -0.15) is 0 Å². The average molecular weight is 153 g/mol. The predicted molar refractivity (Wildman–Crippen MR) is 47.9 cm³/mol. The van der Waals surface area contributed by atoms with E-state index >= 15 is 0 Å². The molecule has 0 aromatic rings. The summed E-state index contributed by atoms with van der Waals surface area (Å²) in [7, 11) is 0. The zero-order valence-electron chi connectivity index (χ0n) is 6.56. The fourth-order valence-electron chi connectivity index (χ4n) is 0.339. The predicted octanol–water partition coefficient (Wildman–Crippen LogP) is 2.01. The standard InChI is InChI=1S/C8H11NS/c1-8(2,3)7-9-5-4-6-10/h7H2,1-3H3. The Kier molecular flexibility index (Phi) is 3.95. The molecule has 54 valence electrons. The SMILES string of the molecule is CC(C)(C)CN=C=C=C=S. The maximum Gasteiger partial charge on any atom is 0.0539 e. The normalized spacial score (nSPS) is 9.10. The molecule has 0 saturated heterocycles. The van der Waals surface area contributed by atoms with Crippen molar-refractivity contribution in [1.29, 1.82) is 0 Å². The van der Waals surface area contributed by atoms with Gasteiger partial charge in [0.15, 0.2) is 0 Å². The molecule has 0 bridgehead atoms. The van der Waals surface area contributed by atoms with Gasteiger partial charge in [-0.1, -0.05) is 20.8 Å². The molecule has 0 radical (unpaired) electrons. The summed E-state index contributed by atoms with van der Waals surface area (Å²) in [5.74, 6) is 2.55. The summed E-state index contributed by atoms with van der Waals surface area (Å²) >= 11 is 4.38. The first kappa shape index (κ1) is 9.36. The molecular formula is C8H11NS. The third-order valence-corrected chi connectivity index (χ3v) is 0.841. The Bertz CT molecular complexity index is 206. The summed E-state index contributed by atoms with van der Waals surface area (Å²) in [6.45, 7) is 7.08. The molecule has 10 heavy (non-hydrogen) atoms. The van der Waals surface area contributed by atoms with Crippen LogP contribution in [-0.4, -0.2) is 17.4 Å². The van der Waals surface area contributed by atoms with E-state index in [0.29, 0.717) is 0 Å². The minimum absolute atomic E-state index is 0.218. The van der Waals surface area contributed by atoms with E-state index in [0.717, 1.165) is 6.54 Å². The zero-order valence-corrected chi connectivity index (χ0v) is 7.38. The van der Waals surface area contributed by atoms with Crippen LogP contribution in [0.4, 0.5) is 0 Å². The number of nitrogens with zero attached hydrogens (tertiary/aromatic N) is 1. The van der Waals surface area contributed by atoms with Crippen molar-refractivity contribution in [3.05, 3.63) is 5.73 Å². The Hall–Kier alpha value is -0.640. The highest BCUT2D eigenvalue weighted by Crippen LogP contribution is 2.11. The fraction of sp³-hybridized carbons (Fsp3) is 0.625. The van der Waals surface area contributed by atoms with Gasteiger partial charge in [-0.3, -0.25) is 0 Å². The Labute approximate surface area is 67.2 Å². The van der Waals surface area contributed by atoms with Crippen LogP contribution in [0.25, 0.3) is 0 Å². The summed E-state index contributed by atoms with van der Waals surface area (Å²) in [5.41, 5.74) is 2.69. The maximum atomic E-state index is 4.38. The first-order valence-corrected chi connectivity index (χ1v) is 3.51. The van der Waals surface area contributed by atoms with Crippen LogP contribution in [0.3, 0.4) is 0 Å². The fourth-order valence-corrected chi connectivity index (χ4v) is 0.385. The van der Waals surface area contributed by atoms with Crippen molar-refractivity contribution < 1.29 is 0 Å². The van der Waals surface area contributed by atoms with Crippen molar-refractivity contribution in [2.75, 3.05) is 6.54 Å². The molecule has 0 heterocycles. The summed E-state index contributed by atoms with van der Waals surface area (Å²) in [6.07, 6.45) is 0. The molecule has 0 saturated carbocycles. The van der Waals surface area contributed by atoms with E-state index in [-0.39, 0.29) is 5.41 Å². The second-order valence-corrected chi connectivity index (χ2v) is 3.42. The van der Waals surface area contributed by atoms with E-state index in [4.69, 9.17) is 0 Å². The second-order valence-electron chi connectivity index (χ2n) is 3.22. The van der Waals surface area contributed by atoms with Crippen LogP contribution in [0.5, 0.6) is 0 Å². The minimum Gasteiger partial charge on any atom is -0.234 e. The molecule has 0 aliphatic rings. The van der Waals surface area contributed by atoms with Crippen LogP contribution in [0.1, 0.15) is 20.8 Å². The summed E-state index contributed by atoms with van der Waals surface area (Å²) in [6, 6.07) is 0. The second kappa shape index (κ2) is 4.22. The topological polar surface area (TPSA) is 12.4 Å². The number of aliphatic imine (C=N–C) groups is 1. The lowest BCUT2D eigenvalue weighted by Crippen LogP contribution is -2.08. The molecule has 0 amide bonds. The van der Waals surface area contributed by atoms with Crippen molar-refractivity contribution >= 4 is 23.1 Å². The van der Waals surface area contributed by atoms with Crippen molar-refractivity contribution in [3.8, 4) is 0 Å². The Morgan fingerprint density at radius 3 is 2.40 bits per heavy atom.